The minimum atomic E-state index is -3.74. The number of nitrogens with one attached hydrogen (secondary N) is 1. The van der Waals surface area contributed by atoms with Gasteiger partial charge in [-0.05, 0) is 50.7 Å². The van der Waals surface area contributed by atoms with E-state index >= 15 is 0 Å². The minimum Gasteiger partial charge on any atom is -0.388 e. The summed E-state index contributed by atoms with van der Waals surface area (Å²) >= 11 is 6.44. The molecule has 2 N–H and O–H groups in total. The van der Waals surface area contributed by atoms with Crippen LogP contribution in [0.25, 0.3) is 0 Å². The lowest BCUT2D eigenvalue weighted by Gasteiger charge is -2.43. The molecular weight excluding hydrogens is 370 g/mol. The molecule has 0 bridgehead atoms. The summed E-state index contributed by atoms with van der Waals surface area (Å²) in [5.74, 6) is 0.156. The third-order valence-corrected chi connectivity index (χ3v) is 6.21. The van der Waals surface area contributed by atoms with E-state index in [-0.39, 0.29) is 16.7 Å². The van der Waals surface area contributed by atoms with Gasteiger partial charge in [-0.2, -0.15) is 0 Å². The summed E-state index contributed by atoms with van der Waals surface area (Å²) in [7, 11) is -3.74. The Kier molecular flexibility index (Phi) is 8.15. The van der Waals surface area contributed by atoms with Gasteiger partial charge in [-0.3, -0.25) is 0 Å². The van der Waals surface area contributed by atoms with E-state index in [2.05, 4.69) is 4.72 Å². The van der Waals surface area contributed by atoms with Gasteiger partial charge in [0.15, 0.2) is 0 Å². The van der Waals surface area contributed by atoms with E-state index in [4.69, 9.17) is 11.6 Å². The second-order valence-corrected chi connectivity index (χ2v) is 11.1. The second kappa shape index (κ2) is 9.05. The summed E-state index contributed by atoms with van der Waals surface area (Å²) in [6.45, 7) is 11.7. The molecule has 0 aromatic heterocycles. The molecule has 1 aromatic rings. The number of alkyl halides is 1. The van der Waals surface area contributed by atoms with Crippen LogP contribution in [-0.2, 0) is 10.0 Å². The Morgan fingerprint density at radius 1 is 1.15 bits per heavy atom. The highest BCUT2D eigenvalue weighted by Gasteiger charge is 2.45. The first kappa shape index (κ1) is 23.4. The molecule has 0 spiro atoms. The van der Waals surface area contributed by atoms with Crippen molar-refractivity contribution in [3.05, 3.63) is 30.3 Å². The number of hydrogen-bond acceptors (Lipinski definition) is 3. The number of benzene rings is 1. The third-order valence-electron chi connectivity index (χ3n) is 4.62. The topological polar surface area (TPSA) is 66.4 Å². The van der Waals surface area contributed by atoms with E-state index in [1.165, 1.54) is 0 Å². The molecule has 1 aromatic carbocycles. The van der Waals surface area contributed by atoms with Gasteiger partial charge in [0.1, 0.15) is 0 Å². The van der Waals surface area contributed by atoms with Crippen LogP contribution in [0.3, 0.4) is 0 Å². The monoisotopic (exact) mass is 403 g/mol. The zero-order chi connectivity index (χ0) is 20.2. The van der Waals surface area contributed by atoms with Gasteiger partial charge in [0.25, 0.3) is 0 Å². The van der Waals surface area contributed by atoms with Crippen LogP contribution in [0.1, 0.15) is 60.8 Å². The third kappa shape index (κ3) is 6.84. The molecule has 6 heteroatoms. The SMILES string of the molecule is CC[C@H](C)[C@H](NS(=O)(=O)c1ccccc1)C(O)(CC(C)C)CC(C)(C)Cl. The van der Waals surface area contributed by atoms with Crippen LogP contribution >= 0.6 is 11.6 Å². The first-order valence-corrected chi connectivity index (χ1v) is 11.2. The predicted molar refractivity (Wildman–Crippen MR) is 109 cm³/mol. The van der Waals surface area contributed by atoms with Gasteiger partial charge in [-0.15, -0.1) is 11.6 Å². The summed E-state index contributed by atoms with van der Waals surface area (Å²) in [5, 5.41) is 11.6. The smallest absolute Gasteiger partial charge is 0.240 e. The Bertz CT molecular complexity index is 655. The highest BCUT2D eigenvalue weighted by atomic mass is 35.5. The van der Waals surface area contributed by atoms with Crippen molar-refractivity contribution in [3.63, 3.8) is 0 Å². The molecular formula is C20H34ClNO3S. The molecule has 4 nitrogen and oxygen atoms in total. The Hall–Kier alpha value is -0.620. The number of sulfonamides is 1. The average Bonchev–Trinajstić information content (AvgIpc) is 2.50. The average molecular weight is 404 g/mol. The molecule has 0 fully saturated rings. The van der Waals surface area contributed by atoms with Crippen molar-refractivity contribution in [1.82, 2.24) is 4.72 Å². The first-order valence-electron chi connectivity index (χ1n) is 9.29. The molecule has 0 heterocycles. The van der Waals surface area contributed by atoms with E-state index < -0.39 is 26.5 Å². The van der Waals surface area contributed by atoms with Crippen LogP contribution in [0.2, 0.25) is 0 Å². The molecule has 0 amide bonds. The number of halogens is 1. The van der Waals surface area contributed by atoms with E-state index in [0.29, 0.717) is 12.8 Å². The zero-order valence-corrected chi connectivity index (χ0v) is 18.4. The summed E-state index contributed by atoms with van der Waals surface area (Å²) in [5.41, 5.74) is -1.24. The standard InChI is InChI=1S/C20H34ClNO3S/c1-7-16(4)18(20(23,13-15(2)3)14-19(5,6)21)22-26(24,25)17-11-9-8-10-12-17/h8-12,15-16,18,22-23H,7,13-14H2,1-6H3/t16-,18-,20?/m0/s1. The molecule has 0 aliphatic rings. The lowest BCUT2D eigenvalue weighted by molar-refractivity contribution is -0.0395. The van der Waals surface area contributed by atoms with Gasteiger partial charge in [-0.1, -0.05) is 52.3 Å². The molecule has 0 saturated heterocycles. The summed E-state index contributed by atoms with van der Waals surface area (Å²) in [6, 6.07) is 7.64. The minimum absolute atomic E-state index is 0.0451. The van der Waals surface area contributed by atoms with Crippen molar-refractivity contribution in [1.29, 1.82) is 0 Å². The molecule has 0 aliphatic heterocycles. The van der Waals surface area contributed by atoms with E-state index in [9.17, 15) is 13.5 Å². The van der Waals surface area contributed by atoms with Crippen LogP contribution in [-0.4, -0.2) is 30.0 Å². The van der Waals surface area contributed by atoms with Gasteiger partial charge >= 0.3 is 0 Å². The molecule has 150 valence electrons. The Balaban J connectivity index is 3.32. The maximum Gasteiger partial charge on any atom is 0.240 e. The number of hydrogen-bond donors (Lipinski definition) is 2. The fraction of sp³-hybridized carbons (Fsp3) is 0.700. The van der Waals surface area contributed by atoms with Crippen LogP contribution in [0.5, 0.6) is 0 Å². The van der Waals surface area contributed by atoms with Gasteiger partial charge < -0.3 is 5.11 Å². The molecule has 1 unspecified atom stereocenters. The van der Waals surface area contributed by atoms with Crippen LogP contribution in [0.4, 0.5) is 0 Å². The van der Waals surface area contributed by atoms with Crippen molar-refractivity contribution in [2.75, 3.05) is 0 Å². The molecule has 3 atom stereocenters. The Morgan fingerprint density at radius 2 is 1.69 bits per heavy atom. The second-order valence-electron chi connectivity index (χ2n) is 8.39. The van der Waals surface area contributed by atoms with Crippen molar-refractivity contribution < 1.29 is 13.5 Å². The number of aliphatic hydroxyl groups is 1. The summed E-state index contributed by atoms with van der Waals surface area (Å²) in [6.07, 6.45) is 1.51. The molecule has 0 aliphatic carbocycles. The largest absolute Gasteiger partial charge is 0.388 e. The van der Waals surface area contributed by atoms with Gasteiger partial charge in [0.2, 0.25) is 10.0 Å². The highest BCUT2D eigenvalue weighted by molar-refractivity contribution is 7.89. The Labute approximate surface area is 164 Å². The lowest BCUT2D eigenvalue weighted by Crippen LogP contribution is -2.58. The van der Waals surface area contributed by atoms with E-state index in [1.807, 2.05) is 41.5 Å². The van der Waals surface area contributed by atoms with Crippen molar-refractivity contribution in [2.24, 2.45) is 11.8 Å². The molecule has 0 radical (unpaired) electrons. The van der Waals surface area contributed by atoms with E-state index in [1.54, 1.807) is 30.3 Å². The van der Waals surface area contributed by atoms with Gasteiger partial charge in [0.05, 0.1) is 16.5 Å². The van der Waals surface area contributed by atoms with Crippen LogP contribution < -0.4 is 4.72 Å². The normalized spacial score (nSPS) is 17.7. The lowest BCUT2D eigenvalue weighted by atomic mass is 9.75. The first-order chi connectivity index (χ1) is 11.8. The van der Waals surface area contributed by atoms with Crippen molar-refractivity contribution in [2.45, 2.75) is 82.2 Å². The Morgan fingerprint density at radius 3 is 2.12 bits per heavy atom. The maximum atomic E-state index is 12.9. The van der Waals surface area contributed by atoms with Gasteiger partial charge in [0, 0.05) is 4.87 Å². The van der Waals surface area contributed by atoms with Crippen molar-refractivity contribution in [3.8, 4) is 0 Å². The summed E-state index contributed by atoms with van der Waals surface area (Å²) in [4.78, 5) is -0.446. The van der Waals surface area contributed by atoms with Crippen LogP contribution in [0, 0.1) is 11.8 Å². The fourth-order valence-electron chi connectivity index (χ4n) is 3.57. The van der Waals surface area contributed by atoms with E-state index in [0.717, 1.165) is 6.42 Å². The fourth-order valence-corrected chi connectivity index (χ4v) is 5.24. The molecule has 26 heavy (non-hydrogen) atoms. The maximum absolute atomic E-state index is 12.9. The molecule has 1 rings (SSSR count). The predicted octanol–water partition coefficient (Wildman–Crippen LogP) is 4.56. The number of rotatable bonds is 10. The van der Waals surface area contributed by atoms with Gasteiger partial charge in [-0.25, -0.2) is 13.1 Å². The summed E-state index contributed by atoms with van der Waals surface area (Å²) < 4.78 is 28.6. The quantitative estimate of drug-likeness (QED) is 0.562. The zero-order valence-electron chi connectivity index (χ0n) is 16.8. The van der Waals surface area contributed by atoms with Crippen molar-refractivity contribution >= 4 is 21.6 Å². The molecule has 0 saturated carbocycles. The highest BCUT2D eigenvalue weighted by Crippen LogP contribution is 2.37. The van der Waals surface area contributed by atoms with Crippen LogP contribution in [0.15, 0.2) is 35.2 Å².